The topological polar surface area (TPSA) is 71.1 Å². The van der Waals surface area contributed by atoms with Crippen molar-refractivity contribution >= 4 is 11.9 Å². The molecule has 0 aromatic rings. The molecule has 2 bridgehead atoms. The largest absolute Gasteiger partial charge is 0.456 e. The Morgan fingerprint density at radius 1 is 1.40 bits per heavy atom. The van der Waals surface area contributed by atoms with E-state index in [1.165, 1.54) is 0 Å². The summed E-state index contributed by atoms with van der Waals surface area (Å²) in [5, 5.41) is 0. The van der Waals surface area contributed by atoms with Crippen molar-refractivity contribution in [3.8, 4) is 0 Å². The van der Waals surface area contributed by atoms with Crippen LogP contribution in [-0.2, 0) is 28.5 Å². The van der Waals surface area contributed by atoms with Crippen LogP contribution in [0.3, 0.4) is 0 Å². The first-order valence-electron chi connectivity index (χ1n) is 7.09. The SMILES string of the molecule is CCC(C)(C)C(=O)OCOC1C2CC3C(=O)OC1C3O2. The van der Waals surface area contributed by atoms with E-state index in [1.54, 1.807) is 0 Å². The monoisotopic (exact) mass is 284 g/mol. The minimum absolute atomic E-state index is 0.126. The van der Waals surface area contributed by atoms with E-state index < -0.39 is 5.41 Å². The third kappa shape index (κ3) is 2.02. The van der Waals surface area contributed by atoms with Crippen LogP contribution < -0.4 is 0 Å². The van der Waals surface area contributed by atoms with E-state index >= 15 is 0 Å². The molecule has 5 unspecified atom stereocenters. The van der Waals surface area contributed by atoms with Gasteiger partial charge >= 0.3 is 11.9 Å². The van der Waals surface area contributed by atoms with Crippen LogP contribution in [0.1, 0.15) is 33.6 Å². The summed E-state index contributed by atoms with van der Waals surface area (Å²) in [7, 11) is 0. The van der Waals surface area contributed by atoms with Crippen molar-refractivity contribution in [2.75, 3.05) is 6.79 Å². The summed E-state index contributed by atoms with van der Waals surface area (Å²) in [5.74, 6) is -0.616. The summed E-state index contributed by atoms with van der Waals surface area (Å²) < 4.78 is 21.7. The van der Waals surface area contributed by atoms with Crippen LogP contribution in [0, 0.1) is 11.3 Å². The predicted molar refractivity (Wildman–Crippen MR) is 66.6 cm³/mol. The molecule has 0 radical (unpaired) electrons. The maximum Gasteiger partial charge on any atom is 0.313 e. The maximum atomic E-state index is 11.8. The van der Waals surface area contributed by atoms with Crippen LogP contribution in [-0.4, -0.2) is 43.1 Å². The molecule has 0 aromatic heterocycles. The van der Waals surface area contributed by atoms with Gasteiger partial charge in [0.05, 0.1) is 17.4 Å². The number of hydrogen-bond acceptors (Lipinski definition) is 6. The quantitative estimate of drug-likeness (QED) is 0.554. The number of carbonyl (C=O) groups is 2. The molecule has 3 rings (SSSR count). The number of ether oxygens (including phenoxy) is 4. The number of hydrogen-bond donors (Lipinski definition) is 0. The first-order chi connectivity index (χ1) is 9.44. The molecule has 0 saturated carbocycles. The van der Waals surface area contributed by atoms with E-state index in [1.807, 2.05) is 20.8 Å². The van der Waals surface area contributed by atoms with Crippen LogP contribution in [0.5, 0.6) is 0 Å². The molecule has 5 atom stereocenters. The fourth-order valence-electron chi connectivity index (χ4n) is 2.95. The van der Waals surface area contributed by atoms with Gasteiger partial charge in [-0.15, -0.1) is 0 Å². The van der Waals surface area contributed by atoms with Gasteiger partial charge in [0.2, 0.25) is 0 Å². The molecule has 6 heteroatoms. The molecule has 3 heterocycles. The molecule has 20 heavy (non-hydrogen) atoms. The fourth-order valence-corrected chi connectivity index (χ4v) is 2.95. The normalized spacial score (nSPS) is 38.1. The molecule has 112 valence electrons. The van der Waals surface area contributed by atoms with Crippen LogP contribution in [0.2, 0.25) is 0 Å². The molecule has 3 aliphatic heterocycles. The van der Waals surface area contributed by atoms with E-state index in [0.717, 1.165) is 0 Å². The standard InChI is InChI=1S/C14H20O6/c1-4-14(2,3)13(16)18-6-17-10-8-5-7-9(19-8)11(10)20-12(7)15/h7-11H,4-6H2,1-3H3. The molecule has 0 N–H and O–H groups in total. The zero-order chi connectivity index (χ0) is 14.5. The lowest BCUT2D eigenvalue weighted by atomic mass is 9.88. The number of fused-ring (bicyclic) bond motifs is 1. The zero-order valence-electron chi connectivity index (χ0n) is 12.0. The molecular weight excluding hydrogens is 264 g/mol. The third-order valence-electron chi connectivity index (χ3n) is 4.67. The van der Waals surface area contributed by atoms with E-state index in [2.05, 4.69) is 0 Å². The summed E-state index contributed by atoms with van der Waals surface area (Å²) in [6.07, 6.45) is 0.369. The first kappa shape index (κ1) is 13.8. The Balaban J connectivity index is 1.51. The Bertz CT molecular complexity index is 431. The highest BCUT2D eigenvalue weighted by atomic mass is 16.7. The van der Waals surface area contributed by atoms with Crippen LogP contribution in [0.15, 0.2) is 0 Å². The maximum absolute atomic E-state index is 11.8. The fraction of sp³-hybridized carbons (Fsp3) is 0.857. The van der Waals surface area contributed by atoms with Gasteiger partial charge in [0.15, 0.2) is 12.9 Å². The van der Waals surface area contributed by atoms with Crippen molar-refractivity contribution in [3.63, 3.8) is 0 Å². The minimum Gasteiger partial charge on any atom is -0.456 e. The van der Waals surface area contributed by atoms with Crippen molar-refractivity contribution in [2.24, 2.45) is 11.3 Å². The molecule has 3 aliphatic rings. The van der Waals surface area contributed by atoms with Gasteiger partial charge in [-0.3, -0.25) is 9.59 Å². The highest BCUT2D eigenvalue weighted by Crippen LogP contribution is 2.47. The molecule has 3 saturated heterocycles. The average Bonchev–Trinajstić information content (AvgIpc) is 3.02. The van der Waals surface area contributed by atoms with Gasteiger partial charge in [-0.05, 0) is 26.7 Å². The van der Waals surface area contributed by atoms with Gasteiger partial charge in [0.25, 0.3) is 0 Å². The average molecular weight is 284 g/mol. The number of carbonyl (C=O) groups excluding carboxylic acids is 2. The zero-order valence-corrected chi connectivity index (χ0v) is 12.0. The summed E-state index contributed by atoms with van der Waals surface area (Å²) in [6, 6.07) is 0. The lowest BCUT2D eigenvalue weighted by Crippen LogP contribution is -2.39. The molecule has 6 nitrogen and oxygen atoms in total. The molecule has 0 spiro atoms. The van der Waals surface area contributed by atoms with E-state index in [-0.39, 0.29) is 49.1 Å². The Morgan fingerprint density at radius 2 is 2.15 bits per heavy atom. The second kappa shape index (κ2) is 4.70. The Labute approximate surface area is 117 Å². The van der Waals surface area contributed by atoms with Gasteiger partial charge in [0, 0.05) is 0 Å². The van der Waals surface area contributed by atoms with Crippen LogP contribution >= 0.6 is 0 Å². The van der Waals surface area contributed by atoms with Crippen LogP contribution in [0.4, 0.5) is 0 Å². The Kier molecular flexibility index (Phi) is 3.25. The van der Waals surface area contributed by atoms with Crippen molar-refractivity contribution in [2.45, 2.75) is 58.0 Å². The van der Waals surface area contributed by atoms with Gasteiger partial charge in [-0.25, -0.2) is 0 Å². The smallest absolute Gasteiger partial charge is 0.313 e. The molecule has 3 fully saturated rings. The third-order valence-corrected chi connectivity index (χ3v) is 4.67. The number of rotatable bonds is 5. The molecular formula is C14H20O6. The predicted octanol–water partition coefficient (Wildman–Crippen LogP) is 1.02. The van der Waals surface area contributed by atoms with E-state index in [0.29, 0.717) is 12.8 Å². The molecule has 0 aromatic carbocycles. The second-order valence-electron chi connectivity index (χ2n) is 6.30. The highest BCUT2D eigenvalue weighted by molar-refractivity contribution is 5.77. The van der Waals surface area contributed by atoms with Gasteiger partial charge in [-0.2, -0.15) is 0 Å². The Morgan fingerprint density at radius 3 is 2.85 bits per heavy atom. The van der Waals surface area contributed by atoms with Gasteiger partial charge in [-0.1, -0.05) is 6.92 Å². The van der Waals surface area contributed by atoms with Gasteiger partial charge < -0.3 is 18.9 Å². The molecule has 0 aliphatic carbocycles. The van der Waals surface area contributed by atoms with Crippen molar-refractivity contribution in [1.29, 1.82) is 0 Å². The van der Waals surface area contributed by atoms with Gasteiger partial charge in [0.1, 0.15) is 12.2 Å². The Hall–Kier alpha value is -1.14. The minimum atomic E-state index is -0.514. The summed E-state index contributed by atoms with van der Waals surface area (Å²) in [4.78, 5) is 23.4. The summed E-state index contributed by atoms with van der Waals surface area (Å²) in [6.45, 7) is 5.47. The van der Waals surface area contributed by atoms with Crippen molar-refractivity contribution < 1.29 is 28.5 Å². The second-order valence-corrected chi connectivity index (χ2v) is 6.30. The van der Waals surface area contributed by atoms with Crippen molar-refractivity contribution in [3.05, 3.63) is 0 Å². The van der Waals surface area contributed by atoms with Crippen LogP contribution in [0.25, 0.3) is 0 Å². The summed E-state index contributed by atoms with van der Waals surface area (Å²) in [5.41, 5.74) is -0.514. The lowest BCUT2D eigenvalue weighted by Gasteiger charge is -2.24. The van der Waals surface area contributed by atoms with E-state index in [4.69, 9.17) is 18.9 Å². The van der Waals surface area contributed by atoms with E-state index in [9.17, 15) is 9.59 Å². The first-order valence-corrected chi connectivity index (χ1v) is 7.09. The van der Waals surface area contributed by atoms with Crippen molar-refractivity contribution in [1.82, 2.24) is 0 Å². The number of esters is 2. The summed E-state index contributed by atoms with van der Waals surface area (Å²) >= 11 is 0. The molecule has 0 amide bonds. The highest BCUT2D eigenvalue weighted by Gasteiger charge is 2.64. The lowest BCUT2D eigenvalue weighted by molar-refractivity contribution is -0.179.